The molecule has 0 radical (unpaired) electrons. The van der Waals surface area contributed by atoms with Crippen LogP contribution >= 0.6 is 11.3 Å². The van der Waals surface area contributed by atoms with Crippen LogP contribution in [0.1, 0.15) is 49.1 Å². The minimum absolute atomic E-state index is 0.0735. The van der Waals surface area contributed by atoms with Crippen molar-refractivity contribution in [1.29, 1.82) is 0 Å². The highest BCUT2D eigenvalue weighted by Gasteiger charge is 2.66. The van der Waals surface area contributed by atoms with E-state index in [1.807, 2.05) is 11.3 Å². The van der Waals surface area contributed by atoms with Gasteiger partial charge in [0.2, 0.25) is 5.69 Å². The molecule has 0 amide bonds. The Morgan fingerprint density at radius 1 is 1.07 bits per heavy atom. The molecule has 0 bridgehead atoms. The Balaban J connectivity index is 1.82. The molecule has 6 rings (SSSR count). The molecule has 0 N–H and O–H groups in total. The fraction of sp³-hybridized carbons (Fsp3) is 0.320. The van der Waals surface area contributed by atoms with Gasteiger partial charge in [-0.1, -0.05) is 44.2 Å². The van der Waals surface area contributed by atoms with E-state index >= 15 is 0 Å². The maximum Gasteiger partial charge on any atom is 0.231 e. The van der Waals surface area contributed by atoms with Crippen molar-refractivity contribution in [1.82, 2.24) is 0 Å². The predicted octanol–water partition coefficient (Wildman–Crippen LogP) is 6.15. The second-order valence-electron chi connectivity index (χ2n) is 8.15. The summed E-state index contributed by atoms with van der Waals surface area (Å²) in [6, 6.07) is 11.2. The van der Waals surface area contributed by atoms with Crippen molar-refractivity contribution in [3.8, 4) is 10.6 Å². The minimum Gasteiger partial charge on any atom is -0.187 e. The minimum atomic E-state index is 0.0735. The van der Waals surface area contributed by atoms with Crippen LogP contribution in [0.3, 0.4) is 0 Å². The molecule has 2 heteroatoms. The third-order valence-electron chi connectivity index (χ3n) is 7.33. The first kappa shape index (κ1) is 15.8. The molecular weight excluding hydrogens is 346 g/mol. The molecule has 1 aromatic carbocycles. The lowest BCUT2D eigenvalue weighted by Gasteiger charge is -2.52. The molecular formula is C25H24NS+. The summed E-state index contributed by atoms with van der Waals surface area (Å²) in [5, 5.41) is 2.73. The largest absolute Gasteiger partial charge is 0.231 e. The number of nitrogens with zero attached hydrogens (tertiary/aromatic N) is 1. The molecule has 1 aliphatic heterocycles. The van der Waals surface area contributed by atoms with Gasteiger partial charge in [0.15, 0.2) is 11.7 Å². The van der Waals surface area contributed by atoms with E-state index in [-0.39, 0.29) is 11.0 Å². The van der Waals surface area contributed by atoms with Gasteiger partial charge in [-0.2, -0.15) is 4.57 Å². The maximum atomic E-state index is 2.62. The van der Waals surface area contributed by atoms with Gasteiger partial charge in [-0.3, -0.25) is 0 Å². The Morgan fingerprint density at radius 2 is 1.96 bits per heavy atom. The normalized spacial score (nSPS) is 26.9. The number of allylic oxidation sites excluding steroid dienone is 3. The lowest BCUT2D eigenvalue weighted by atomic mass is 9.52. The highest BCUT2D eigenvalue weighted by Crippen LogP contribution is 2.61. The number of aromatic nitrogens is 1. The molecule has 0 saturated heterocycles. The molecule has 2 aliphatic carbocycles. The van der Waals surface area contributed by atoms with Gasteiger partial charge in [-0.15, -0.1) is 11.3 Å². The van der Waals surface area contributed by atoms with E-state index in [0.29, 0.717) is 0 Å². The van der Waals surface area contributed by atoms with Crippen molar-refractivity contribution >= 4 is 28.2 Å². The Hall–Kier alpha value is -2.19. The van der Waals surface area contributed by atoms with E-state index in [9.17, 15) is 0 Å². The summed E-state index contributed by atoms with van der Waals surface area (Å²) in [6.45, 7) is 4.75. The molecule has 2 atom stereocenters. The second kappa shape index (κ2) is 5.20. The van der Waals surface area contributed by atoms with Crippen molar-refractivity contribution < 1.29 is 4.57 Å². The third-order valence-corrected chi connectivity index (χ3v) is 8.54. The summed E-state index contributed by atoms with van der Waals surface area (Å²) in [6.07, 6.45) is 16.7. The van der Waals surface area contributed by atoms with Crippen LogP contribution in [0, 0.1) is 0 Å². The maximum absolute atomic E-state index is 2.62. The van der Waals surface area contributed by atoms with Crippen LogP contribution < -0.4 is 4.57 Å². The summed E-state index contributed by atoms with van der Waals surface area (Å²) < 4.78 is 2.62. The quantitative estimate of drug-likeness (QED) is 0.376. The van der Waals surface area contributed by atoms with Crippen LogP contribution in [-0.4, -0.2) is 0 Å². The van der Waals surface area contributed by atoms with Gasteiger partial charge in [-0.05, 0) is 54.0 Å². The first-order valence-corrected chi connectivity index (χ1v) is 11.0. The summed E-state index contributed by atoms with van der Waals surface area (Å²) >= 11 is 2.02. The van der Waals surface area contributed by atoms with E-state index in [1.54, 1.807) is 11.1 Å². The second-order valence-corrected chi connectivity index (χ2v) is 9.20. The van der Waals surface area contributed by atoms with E-state index in [2.05, 4.69) is 79.2 Å². The first-order valence-electron chi connectivity index (χ1n) is 10.2. The van der Waals surface area contributed by atoms with E-state index in [4.69, 9.17) is 0 Å². The number of fused-ring (bicyclic) bond motifs is 10. The Kier molecular flexibility index (Phi) is 3.05. The average Bonchev–Trinajstić information content (AvgIpc) is 3.08. The third kappa shape index (κ3) is 1.65. The van der Waals surface area contributed by atoms with Crippen molar-refractivity contribution in [2.24, 2.45) is 0 Å². The number of hydrogen-bond donors (Lipinski definition) is 0. The highest BCUT2D eigenvalue weighted by molar-refractivity contribution is 7.16. The molecule has 3 aliphatic rings. The number of pyridine rings is 1. The van der Waals surface area contributed by atoms with Crippen LogP contribution in [0.2, 0.25) is 0 Å². The lowest BCUT2D eigenvalue weighted by molar-refractivity contribution is -0.758. The van der Waals surface area contributed by atoms with Gasteiger partial charge < -0.3 is 0 Å². The Morgan fingerprint density at radius 3 is 2.74 bits per heavy atom. The number of hydrogen-bond acceptors (Lipinski definition) is 1. The summed E-state index contributed by atoms with van der Waals surface area (Å²) in [5.41, 5.74) is 4.93. The predicted molar refractivity (Wildman–Crippen MR) is 114 cm³/mol. The van der Waals surface area contributed by atoms with E-state index < -0.39 is 0 Å². The van der Waals surface area contributed by atoms with Gasteiger partial charge in [0.05, 0.1) is 10.8 Å². The first-order chi connectivity index (χ1) is 13.3. The van der Waals surface area contributed by atoms with Gasteiger partial charge in [0.25, 0.3) is 0 Å². The monoisotopic (exact) mass is 370 g/mol. The Labute approximate surface area is 164 Å². The van der Waals surface area contributed by atoms with Crippen LogP contribution in [0.15, 0.2) is 54.8 Å². The fourth-order valence-corrected chi connectivity index (χ4v) is 7.40. The highest BCUT2D eigenvalue weighted by atomic mass is 32.1. The number of thiophene rings is 1. The van der Waals surface area contributed by atoms with Crippen molar-refractivity contribution in [2.45, 2.75) is 50.5 Å². The zero-order chi connectivity index (χ0) is 18.2. The van der Waals surface area contributed by atoms with Crippen molar-refractivity contribution in [3.63, 3.8) is 0 Å². The lowest BCUT2D eigenvalue weighted by Crippen LogP contribution is -2.72. The fourth-order valence-electron chi connectivity index (χ4n) is 5.98. The molecule has 2 unspecified atom stereocenters. The molecule has 0 spiro atoms. The topological polar surface area (TPSA) is 3.88 Å². The molecule has 0 saturated carbocycles. The molecule has 27 heavy (non-hydrogen) atoms. The van der Waals surface area contributed by atoms with Crippen LogP contribution in [0.4, 0.5) is 0 Å². The van der Waals surface area contributed by atoms with Crippen LogP contribution in [-0.2, 0) is 17.4 Å². The van der Waals surface area contributed by atoms with Crippen molar-refractivity contribution in [3.05, 3.63) is 70.8 Å². The zero-order valence-corrected chi connectivity index (χ0v) is 16.8. The van der Waals surface area contributed by atoms with Gasteiger partial charge in [-0.25, -0.2) is 0 Å². The zero-order valence-electron chi connectivity index (χ0n) is 16.0. The van der Waals surface area contributed by atoms with Gasteiger partial charge in [0.1, 0.15) is 4.88 Å². The molecule has 3 aromatic rings. The Bertz CT molecular complexity index is 1160. The molecule has 3 heterocycles. The average molecular weight is 371 g/mol. The molecule has 2 aromatic heterocycles. The summed E-state index contributed by atoms with van der Waals surface area (Å²) in [7, 11) is 0. The SMILES string of the molecule is CCC12C=CC1(CC)[n+]1ccc3ccccc3c1-c1sc3c(c12)CCC=C3. The standard InChI is InChI=1S/C25H24NS/c1-3-24-14-15-25(24,4-2)26-16-13-17-9-5-6-10-18(17)22(26)23-21(24)19-11-7-8-12-20(19)27-23/h5-6,8-10,12-16H,3-4,7,11H2,1-2H3/q+1. The number of rotatable bonds is 2. The number of benzene rings is 1. The van der Waals surface area contributed by atoms with Crippen LogP contribution in [0.25, 0.3) is 27.4 Å². The molecule has 1 nitrogen and oxygen atoms in total. The van der Waals surface area contributed by atoms with Crippen molar-refractivity contribution in [2.75, 3.05) is 0 Å². The smallest absolute Gasteiger partial charge is 0.187 e. The van der Waals surface area contributed by atoms with Crippen LogP contribution in [0.5, 0.6) is 0 Å². The van der Waals surface area contributed by atoms with E-state index in [1.165, 1.54) is 39.1 Å². The summed E-state index contributed by atoms with van der Waals surface area (Å²) in [4.78, 5) is 3.00. The van der Waals surface area contributed by atoms with Gasteiger partial charge >= 0.3 is 0 Å². The summed E-state index contributed by atoms with van der Waals surface area (Å²) in [5.74, 6) is 0. The molecule has 134 valence electrons. The molecule has 0 fully saturated rings. The van der Waals surface area contributed by atoms with Gasteiger partial charge in [0, 0.05) is 17.4 Å². The van der Waals surface area contributed by atoms with E-state index in [0.717, 1.165) is 12.8 Å².